The van der Waals surface area contributed by atoms with Gasteiger partial charge in [-0.1, -0.05) is 13.8 Å². The van der Waals surface area contributed by atoms with Gasteiger partial charge >= 0.3 is 5.97 Å². The summed E-state index contributed by atoms with van der Waals surface area (Å²) in [7, 11) is 0. The lowest BCUT2D eigenvalue weighted by molar-refractivity contribution is -0.137. The number of carbonyl (C=O) groups is 2. The number of hydrogen-bond donors (Lipinski definition) is 1. The summed E-state index contributed by atoms with van der Waals surface area (Å²) in [6.45, 7) is 2.93. The molecule has 0 aliphatic rings. The van der Waals surface area contributed by atoms with Gasteiger partial charge in [-0.15, -0.1) is 0 Å². The van der Waals surface area contributed by atoms with Crippen molar-refractivity contribution in [2.75, 3.05) is 11.4 Å². The molecule has 0 aromatic heterocycles. The molecule has 0 saturated carbocycles. The van der Waals surface area contributed by atoms with Crippen LogP contribution >= 0.6 is 0 Å². The van der Waals surface area contributed by atoms with Crippen molar-refractivity contribution in [2.45, 2.75) is 13.8 Å². The Balaban J connectivity index is 3.01. The molecule has 0 aliphatic heterocycles. The van der Waals surface area contributed by atoms with Crippen LogP contribution in [-0.2, 0) is 9.59 Å². The van der Waals surface area contributed by atoms with Crippen molar-refractivity contribution in [3.05, 3.63) is 30.1 Å². The number of benzene rings is 1. The van der Waals surface area contributed by atoms with E-state index in [0.29, 0.717) is 5.69 Å². The molecule has 0 atom stereocenters. The Bertz CT molecular complexity index is 414. The van der Waals surface area contributed by atoms with Crippen LogP contribution in [-0.4, -0.2) is 23.5 Å². The highest BCUT2D eigenvalue weighted by atomic mass is 19.1. The zero-order valence-electron chi connectivity index (χ0n) is 9.68. The Labute approximate surface area is 98.7 Å². The van der Waals surface area contributed by atoms with Gasteiger partial charge in [0.25, 0.3) is 0 Å². The quantitative estimate of drug-likeness (QED) is 0.873. The Hall–Kier alpha value is -1.91. The number of carboxylic acid groups (broad SMARTS) is 1. The van der Waals surface area contributed by atoms with Crippen LogP contribution in [0.4, 0.5) is 10.1 Å². The van der Waals surface area contributed by atoms with E-state index in [-0.39, 0.29) is 11.8 Å². The van der Waals surface area contributed by atoms with E-state index in [4.69, 9.17) is 5.11 Å². The third-order valence-corrected chi connectivity index (χ3v) is 2.19. The Morgan fingerprint density at radius 2 is 1.82 bits per heavy atom. The van der Waals surface area contributed by atoms with Crippen LogP contribution in [0, 0.1) is 11.7 Å². The average molecular weight is 239 g/mol. The summed E-state index contributed by atoms with van der Waals surface area (Å²) in [5, 5.41) is 8.76. The fourth-order valence-electron chi connectivity index (χ4n) is 1.36. The molecule has 1 N–H and O–H groups in total. The fraction of sp³-hybridized carbons (Fsp3) is 0.333. The van der Waals surface area contributed by atoms with Gasteiger partial charge in [-0.2, -0.15) is 0 Å². The first-order valence-corrected chi connectivity index (χ1v) is 5.20. The minimum Gasteiger partial charge on any atom is -0.480 e. The summed E-state index contributed by atoms with van der Waals surface area (Å²) in [6, 6.07) is 5.16. The van der Waals surface area contributed by atoms with Crippen LogP contribution in [0.15, 0.2) is 24.3 Å². The van der Waals surface area contributed by atoms with Crippen molar-refractivity contribution in [1.29, 1.82) is 0 Å². The molecule has 0 heterocycles. The van der Waals surface area contributed by atoms with Gasteiger partial charge < -0.3 is 10.0 Å². The first-order chi connectivity index (χ1) is 7.91. The first-order valence-electron chi connectivity index (χ1n) is 5.20. The van der Waals surface area contributed by atoms with E-state index in [2.05, 4.69) is 0 Å². The maximum Gasteiger partial charge on any atom is 0.323 e. The molecule has 0 bridgehead atoms. The van der Waals surface area contributed by atoms with Gasteiger partial charge in [-0.3, -0.25) is 9.59 Å². The van der Waals surface area contributed by atoms with Crippen LogP contribution in [0.25, 0.3) is 0 Å². The number of carbonyl (C=O) groups excluding carboxylic acids is 1. The topological polar surface area (TPSA) is 57.6 Å². The molecular weight excluding hydrogens is 225 g/mol. The predicted octanol–water partition coefficient (Wildman–Crippen LogP) is 1.90. The number of aliphatic carboxylic acids is 1. The number of carboxylic acids is 1. The Morgan fingerprint density at radius 1 is 1.29 bits per heavy atom. The second-order valence-electron chi connectivity index (χ2n) is 3.95. The normalized spacial score (nSPS) is 10.4. The number of nitrogens with zero attached hydrogens (tertiary/aromatic N) is 1. The van der Waals surface area contributed by atoms with Crippen LogP contribution in [0.1, 0.15) is 13.8 Å². The van der Waals surface area contributed by atoms with Gasteiger partial charge in [0.05, 0.1) is 0 Å². The van der Waals surface area contributed by atoms with E-state index in [0.717, 1.165) is 4.90 Å². The molecule has 0 aliphatic carbocycles. The lowest BCUT2D eigenvalue weighted by atomic mass is 10.1. The second kappa shape index (κ2) is 5.43. The van der Waals surface area contributed by atoms with E-state index < -0.39 is 18.3 Å². The van der Waals surface area contributed by atoms with Crippen LogP contribution in [0.3, 0.4) is 0 Å². The summed E-state index contributed by atoms with van der Waals surface area (Å²) in [6.07, 6.45) is 0. The zero-order valence-corrected chi connectivity index (χ0v) is 9.68. The minimum atomic E-state index is -1.11. The smallest absolute Gasteiger partial charge is 0.323 e. The Kier molecular flexibility index (Phi) is 4.20. The van der Waals surface area contributed by atoms with Crippen LogP contribution in [0.5, 0.6) is 0 Å². The monoisotopic (exact) mass is 239 g/mol. The maximum atomic E-state index is 12.8. The van der Waals surface area contributed by atoms with Crippen LogP contribution in [0.2, 0.25) is 0 Å². The molecule has 1 rings (SSSR count). The summed E-state index contributed by atoms with van der Waals surface area (Å²) < 4.78 is 12.8. The summed E-state index contributed by atoms with van der Waals surface area (Å²) in [5.74, 6) is -2.16. The molecule has 0 spiro atoms. The van der Waals surface area contributed by atoms with E-state index in [1.807, 2.05) is 0 Å². The van der Waals surface area contributed by atoms with Gasteiger partial charge in [0.1, 0.15) is 12.4 Å². The SMILES string of the molecule is CC(C)C(=O)N(CC(=O)O)c1ccc(F)cc1. The second-order valence-corrected chi connectivity index (χ2v) is 3.95. The summed E-state index contributed by atoms with van der Waals surface area (Å²) in [4.78, 5) is 23.7. The Morgan fingerprint density at radius 3 is 2.24 bits per heavy atom. The number of anilines is 1. The number of amides is 1. The third kappa shape index (κ3) is 3.55. The fourth-order valence-corrected chi connectivity index (χ4v) is 1.36. The predicted molar refractivity (Wildman–Crippen MR) is 61.2 cm³/mol. The van der Waals surface area contributed by atoms with Crippen LogP contribution < -0.4 is 4.90 Å². The molecule has 0 fully saturated rings. The van der Waals surface area contributed by atoms with Crippen molar-refractivity contribution in [3.8, 4) is 0 Å². The summed E-state index contributed by atoms with van der Waals surface area (Å²) >= 11 is 0. The van der Waals surface area contributed by atoms with Crippen molar-refractivity contribution in [3.63, 3.8) is 0 Å². The first kappa shape index (κ1) is 13.2. The molecule has 1 amide bonds. The number of hydrogen-bond acceptors (Lipinski definition) is 2. The minimum absolute atomic E-state index is 0.306. The lowest BCUT2D eigenvalue weighted by Gasteiger charge is -2.22. The van der Waals surface area contributed by atoms with E-state index >= 15 is 0 Å². The van der Waals surface area contributed by atoms with E-state index in [9.17, 15) is 14.0 Å². The van der Waals surface area contributed by atoms with E-state index in [1.54, 1.807) is 13.8 Å². The van der Waals surface area contributed by atoms with Gasteiger partial charge in [0, 0.05) is 11.6 Å². The number of rotatable bonds is 4. The molecule has 0 saturated heterocycles. The molecule has 4 nitrogen and oxygen atoms in total. The van der Waals surface area contributed by atoms with Crippen molar-refractivity contribution < 1.29 is 19.1 Å². The maximum absolute atomic E-state index is 12.8. The van der Waals surface area contributed by atoms with Gasteiger partial charge in [0.15, 0.2) is 0 Å². The standard InChI is InChI=1S/C12H14FNO3/c1-8(2)12(17)14(7-11(15)16)10-5-3-9(13)4-6-10/h3-6,8H,7H2,1-2H3,(H,15,16). The molecule has 17 heavy (non-hydrogen) atoms. The summed E-state index contributed by atoms with van der Waals surface area (Å²) in [5.41, 5.74) is 0.382. The zero-order chi connectivity index (χ0) is 13.0. The largest absolute Gasteiger partial charge is 0.480 e. The van der Waals surface area contributed by atoms with Gasteiger partial charge in [-0.25, -0.2) is 4.39 Å². The molecule has 92 valence electrons. The van der Waals surface area contributed by atoms with Crippen molar-refractivity contribution in [2.24, 2.45) is 5.92 Å². The van der Waals surface area contributed by atoms with E-state index in [1.165, 1.54) is 24.3 Å². The number of halogens is 1. The average Bonchev–Trinajstić information content (AvgIpc) is 2.26. The molecule has 0 radical (unpaired) electrons. The highest BCUT2D eigenvalue weighted by Crippen LogP contribution is 2.17. The third-order valence-electron chi connectivity index (χ3n) is 2.19. The molecular formula is C12H14FNO3. The van der Waals surface area contributed by atoms with Gasteiger partial charge in [-0.05, 0) is 24.3 Å². The van der Waals surface area contributed by atoms with Gasteiger partial charge in [0.2, 0.25) is 5.91 Å². The highest BCUT2D eigenvalue weighted by molar-refractivity contribution is 5.98. The van der Waals surface area contributed by atoms with Crippen molar-refractivity contribution >= 4 is 17.6 Å². The molecule has 5 heteroatoms. The molecule has 1 aromatic rings. The van der Waals surface area contributed by atoms with Crippen molar-refractivity contribution in [1.82, 2.24) is 0 Å². The molecule has 1 aromatic carbocycles. The lowest BCUT2D eigenvalue weighted by Crippen LogP contribution is -2.38. The molecule has 0 unspecified atom stereocenters. The highest BCUT2D eigenvalue weighted by Gasteiger charge is 2.21.